The fraction of sp³-hybridized carbons (Fsp3) is 0.333. The van der Waals surface area contributed by atoms with Gasteiger partial charge in [0.15, 0.2) is 0 Å². The number of amides is 2. The van der Waals surface area contributed by atoms with E-state index in [9.17, 15) is 14.4 Å². The van der Waals surface area contributed by atoms with Crippen molar-refractivity contribution < 1.29 is 19.1 Å². The number of carbonyl (C=O) groups excluding carboxylic acids is 3. The van der Waals surface area contributed by atoms with E-state index in [4.69, 9.17) is 27.9 Å². The van der Waals surface area contributed by atoms with Crippen LogP contribution in [0.5, 0.6) is 0 Å². The summed E-state index contributed by atoms with van der Waals surface area (Å²) in [6.45, 7) is 1.87. The van der Waals surface area contributed by atoms with Crippen LogP contribution < -0.4 is 10.3 Å². The second-order valence-electron chi connectivity index (χ2n) is 5.49. The minimum Gasteiger partial charge on any atom is -0.461 e. The number of hydrogen-bond donors (Lipinski definition) is 1. The first-order valence-corrected chi connectivity index (χ1v) is 7.96. The largest absolute Gasteiger partial charge is 0.461 e. The molecule has 0 unspecified atom stereocenters. The number of benzene rings is 1. The van der Waals surface area contributed by atoms with Crippen molar-refractivity contribution in [1.82, 2.24) is 5.43 Å². The zero-order valence-electron chi connectivity index (χ0n) is 12.6. The molecule has 3 rings (SSSR count). The minimum absolute atomic E-state index is 0.0127. The highest BCUT2D eigenvalue weighted by Crippen LogP contribution is 2.36. The monoisotopic (exact) mass is 369 g/mol. The summed E-state index contributed by atoms with van der Waals surface area (Å²) in [7, 11) is 0. The Bertz CT molecular complexity index is 760. The zero-order valence-corrected chi connectivity index (χ0v) is 14.1. The zero-order chi connectivity index (χ0) is 17.5. The molecule has 2 aliphatic heterocycles. The Morgan fingerprint density at radius 1 is 1.29 bits per heavy atom. The summed E-state index contributed by atoms with van der Waals surface area (Å²) < 4.78 is 4.88. The summed E-state index contributed by atoms with van der Waals surface area (Å²) in [5, 5.41) is 4.49. The number of hydrazone groups is 1. The topological polar surface area (TPSA) is 88.1 Å². The van der Waals surface area contributed by atoms with Crippen molar-refractivity contribution in [3.63, 3.8) is 0 Å². The van der Waals surface area contributed by atoms with Crippen LogP contribution in [-0.2, 0) is 19.1 Å². The average Bonchev–Trinajstić information content (AvgIpc) is 3.01. The standard InChI is InChI=1S/C15H13Cl2N3O4/c1-2-24-13(22)11-6-15(19-18-11)7-12(21)20(14(15)23)10-4-8(16)3-9(17)5-10/h3-5,19H,2,6-7H2,1H3/t15-/m0/s1. The van der Waals surface area contributed by atoms with Crippen LogP contribution in [-0.4, -0.2) is 35.6 Å². The first-order chi connectivity index (χ1) is 11.4. The predicted octanol–water partition coefficient (Wildman–Crippen LogP) is 1.91. The smallest absolute Gasteiger partial charge is 0.354 e. The van der Waals surface area contributed by atoms with E-state index in [-0.39, 0.29) is 30.8 Å². The molecule has 2 heterocycles. The van der Waals surface area contributed by atoms with Gasteiger partial charge in [-0.1, -0.05) is 23.2 Å². The van der Waals surface area contributed by atoms with Gasteiger partial charge in [0.25, 0.3) is 5.91 Å². The lowest BCUT2D eigenvalue weighted by Crippen LogP contribution is -2.47. The predicted molar refractivity (Wildman–Crippen MR) is 88.1 cm³/mol. The molecule has 0 bridgehead atoms. The molecule has 1 spiro atoms. The van der Waals surface area contributed by atoms with Crippen molar-refractivity contribution in [3.8, 4) is 0 Å². The van der Waals surface area contributed by atoms with Crippen LogP contribution in [0.25, 0.3) is 0 Å². The van der Waals surface area contributed by atoms with E-state index in [1.807, 2.05) is 0 Å². The van der Waals surface area contributed by atoms with Gasteiger partial charge in [-0.15, -0.1) is 0 Å². The highest BCUT2D eigenvalue weighted by Gasteiger charge is 2.56. The van der Waals surface area contributed by atoms with Crippen LogP contribution >= 0.6 is 23.2 Å². The maximum atomic E-state index is 12.8. The molecule has 2 amide bonds. The summed E-state index contributed by atoms with van der Waals surface area (Å²) in [6.07, 6.45) is -0.135. The van der Waals surface area contributed by atoms with Gasteiger partial charge >= 0.3 is 5.97 Å². The third-order valence-electron chi connectivity index (χ3n) is 3.81. The maximum absolute atomic E-state index is 12.8. The molecule has 1 saturated heterocycles. The van der Waals surface area contributed by atoms with Gasteiger partial charge in [0.2, 0.25) is 5.91 Å². The molecule has 24 heavy (non-hydrogen) atoms. The molecule has 1 aromatic rings. The number of hydrogen-bond acceptors (Lipinski definition) is 6. The van der Waals surface area contributed by atoms with Crippen LogP contribution in [0.1, 0.15) is 19.8 Å². The summed E-state index contributed by atoms with van der Waals surface area (Å²) in [5.41, 5.74) is 1.74. The fourth-order valence-corrected chi connectivity index (χ4v) is 3.28. The fourth-order valence-electron chi connectivity index (χ4n) is 2.77. The molecule has 7 nitrogen and oxygen atoms in total. The van der Waals surface area contributed by atoms with Gasteiger partial charge in [0.05, 0.1) is 18.7 Å². The van der Waals surface area contributed by atoms with E-state index >= 15 is 0 Å². The number of ether oxygens (including phenoxy) is 1. The molecule has 126 valence electrons. The number of halogens is 2. The Balaban J connectivity index is 1.87. The number of nitrogens with zero attached hydrogens (tertiary/aromatic N) is 2. The third-order valence-corrected chi connectivity index (χ3v) is 4.24. The van der Waals surface area contributed by atoms with Gasteiger partial charge in [0, 0.05) is 16.5 Å². The van der Waals surface area contributed by atoms with Crippen LogP contribution in [0.2, 0.25) is 10.0 Å². The van der Waals surface area contributed by atoms with E-state index in [1.54, 1.807) is 6.92 Å². The lowest BCUT2D eigenvalue weighted by atomic mass is 9.93. The van der Waals surface area contributed by atoms with Crippen LogP contribution in [0.4, 0.5) is 5.69 Å². The molecule has 0 aromatic heterocycles. The molecule has 9 heteroatoms. The molecule has 1 N–H and O–H groups in total. The SMILES string of the molecule is CCOC(=O)C1=NN[C@]2(CC(=O)N(c3cc(Cl)cc(Cl)c3)C2=O)C1. The van der Waals surface area contributed by atoms with E-state index in [1.165, 1.54) is 18.2 Å². The first-order valence-electron chi connectivity index (χ1n) is 7.20. The van der Waals surface area contributed by atoms with E-state index in [0.717, 1.165) is 4.90 Å². The Labute approximate surface area is 147 Å². The summed E-state index contributed by atoms with van der Waals surface area (Å²) in [4.78, 5) is 38.0. The molecular formula is C15H13Cl2N3O4. The Morgan fingerprint density at radius 2 is 1.96 bits per heavy atom. The molecule has 1 atom stereocenters. The molecule has 0 aliphatic carbocycles. The van der Waals surface area contributed by atoms with E-state index in [0.29, 0.717) is 10.0 Å². The lowest BCUT2D eigenvalue weighted by Gasteiger charge is -2.21. The third kappa shape index (κ3) is 2.74. The van der Waals surface area contributed by atoms with Gasteiger partial charge in [-0.3, -0.25) is 15.0 Å². The average molecular weight is 370 g/mol. The molecule has 2 aliphatic rings. The molecule has 0 radical (unpaired) electrons. The highest BCUT2D eigenvalue weighted by molar-refractivity contribution is 6.39. The van der Waals surface area contributed by atoms with Crippen molar-refractivity contribution in [3.05, 3.63) is 28.2 Å². The first kappa shape index (κ1) is 16.7. The van der Waals surface area contributed by atoms with Gasteiger partial charge in [-0.05, 0) is 25.1 Å². The number of nitrogens with one attached hydrogen (secondary N) is 1. The summed E-state index contributed by atoms with van der Waals surface area (Å²) in [6, 6.07) is 4.46. The minimum atomic E-state index is -1.27. The Morgan fingerprint density at radius 3 is 2.58 bits per heavy atom. The Hall–Kier alpha value is -2.12. The van der Waals surface area contributed by atoms with Crippen molar-refractivity contribution in [1.29, 1.82) is 0 Å². The van der Waals surface area contributed by atoms with Gasteiger partial charge in [-0.25, -0.2) is 9.69 Å². The van der Waals surface area contributed by atoms with E-state index in [2.05, 4.69) is 10.5 Å². The van der Waals surface area contributed by atoms with Gasteiger partial charge in [0.1, 0.15) is 11.3 Å². The molecule has 1 fully saturated rings. The van der Waals surface area contributed by atoms with Crippen molar-refractivity contribution in [2.45, 2.75) is 25.3 Å². The quantitative estimate of drug-likeness (QED) is 0.649. The normalized spacial score (nSPS) is 22.8. The number of anilines is 1. The maximum Gasteiger partial charge on any atom is 0.354 e. The van der Waals surface area contributed by atoms with Gasteiger partial charge in [-0.2, -0.15) is 5.10 Å². The second-order valence-corrected chi connectivity index (χ2v) is 6.36. The Kier molecular flexibility index (Phi) is 4.23. The second kappa shape index (κ2) is 6.07. The van der Waals surface area contributed by atoms with Crippen LogP contribution in [0.15, 0.2) is 23.3 Å². The molecule has 0 saturated carbocycles. The van der Waals surface area contributed by atoms with Crippen LogP contribution in [0.3, 0.4) is 0 Å². The van der Waals surface area contributed by atoms with Crippen molar-refractivity contribution >= 4 is 52.4 Å². The van der Waals surface area contributed by atoms with Crippen molar-refractivity contribution in [2.75, 3.05) is 11.5 Å². The number of carbonyl (C=O) groups is 3. The molecular weight excluding hydrogens is 357 g/mol. The van der Waals surface area contributed by atoms with Crippen molar-refractivity contribution in [2.24, 2.45) is 5.10 Å². The lowest BCUT2D eigenvalue weighted by molar-refractivity contribution is -0.135. The van der Waals surface area contributed by atoms with Gasteiger partial charge < -0.3 is 4.74 Å². The van der Waals surface area contributed by atoms with Crippen LogP contribution in [0, 0.1) is 0 Å². The number of rotatable bonds is 3. The number of esters is 1. The summed E-state index contributed by atoms with van der Waals surface area (Å²) in [5.74, 6) is -1.54. The highest BCUT2D eigenvalue weighted by atomic mass is 35.5. The summed E-state index contributed by atoms with van der Waals surface area (Å²) >= 11 is 11.9. The molecule has 1 aromatic carbocycles. The van der Waals surface area contributed by atoms with E-state index < -0.39 is 23.3 Å². The number of imide groups is 1.